The Labute approximate surface area is 108 Å². The van der Waals surface area contributed by atoms with Gasteiger partial charge < -0.3 is 10.6 Å². The summed E-state index contributed by atoms with van der Waals surface area (Å²) in [6.45, 7) is 3.32. The van der Waals surface area contributed by atoms with E-state index in [0.29, 0.717) is 12.6 Å². The highest BCUT2D eigenvalue weighted by Crippen LogP contribution is 2.26. The van der Waals surface area contributed by atoms with Crippen LogP contribution in [0.1, 0.15) is 41.7 Å². The number of rotatable bonds is 5. The zero-order valence-corrected chi connectivity index (χ0v) is 11.2. The molecular weight excluding hydrogens is 228 g/mol. The van der Waals surface area contributed by atoms with Crippen molar-refractivity contribution >= 4 is 5.91 Å². The molecule has 1 aliphatic carbocycles. The highest BCUT2D eigenvalue weighted by Gasteiger charge is 2.30. The Morgan fingerprint density at radius 2 is 2.33 bits per heavy atom. The summed E-state index contributed by atoms with van der Waals surface area (Å²) >= 11 is 0. The summed E-state index contributed by atoms with van der Waals surface area (Å²) in [5.41, 5.74) is 7.21. The van der Waals surface area contributed by atoms with Gasteiger partial charge in [-0.1, -0.05) is 0 Å². The van der Waals surface area contributed by atoms with E-state index >= 15 is 0 Å². The normalized spacial score (nSPS) is 15.5. The summed E-state index contributed by atoms with van der Waals surface area (Å²) < 4.78 is 1.75. The van der Waals surface area contributed by atoms with Crippen molar-refractivity contribution in [2.75, 3.05) is 13.1 Å². The Morgan fingerprint density at radius 3 is 2.78 bits per heavy atom. The SMILES string of the molecule is Cc1c(C(=O)N(CCCN)C2CCC2)cnn1C. The van der Waals surface area contributed by atoms with Crippen molar-refractivity contribution < 1.29 is 4.79 Å². The van der Waals surface area contributed by atoms with Gasteiger partial charge in [-0.3, -0.25) is 9.48 Å². The van der Waals surface area contributed by atoms with Gasteiger partial charge in [0.1, 0.15) is 0 Å². The molecule has 5 nitrogen and oxygen atoms in total. The topological polar surface area (TPSA) is 64.2 Å². The molecule has 1 aliphatic rings. The third-order valence-corrected chi connectivity index (χ3v) is 3.85. The average molecular weight is 250 g/mol. The fourth-order valence-corrected chi connectivity index (χ4v) is 2.27. The van der Waals surface area contributed by atoms with Crippen molar-refractivity contribution in [3.8, 4) is 0 Å². The quantitative estimate of drug-likeness (QED) is 0.850. The molecule has 0 saturated heterocycles. The monoisotopic (exact) mass is 250 g/mol. The number of aryl methyl sites for hydroxylation is 1. The molecule has 0 aromatic carbocycles. The van der Waals surface area contributed by atoms with Crippen molar-refractivity contribution in [2.24, 2.45) is 12.8 Å². The molecule has 18 heavy (non-hydrogen) atoms. The molecule has 1 aromatic heterocycles. The summed E-state index contributed by atoms with van der Waals surface area (Å²) in [4.78, 5) is 14.5. The molecule has 1 fully saturated rings. The Hall–Kier alpha value is -1.36. The summed E-state index contributed by atoms with van der Waals surface area (Å²) in [5.74, 6) is 0.110. The fraction of sp³-hybridized carbons (Fsp3) is 0.692. The zero-order valence-electron chi connectivity index (χ0n) is 11.2. The van der Waals surface area contributed by atoms with E-state index in [-0.39, 0.29) is 5.91 Å². The predicted octanol–water partition coefficient (Wildman–Crippen LogP) is 1.07. The summed E-state index contributed by atoms with van der Waals surface area (Å²) in [5, 5.41) is 4.15. The number of carbonyl (C=O) groups is 1. The van der Waals surface area contributed by atoms with Gasteiger partial charge in [-0.2, -0.15) is 5.10 Å². The highest BCUT2D eigenvalue weighted by molar-refractivity contribution is 5.95. The van der Waals surface area contributed by atoms with Crippen LogP contribution in [0.5, 0.6) is 0 Å². The van der Waals surface area contributed by atoms with Gasteiger partial charge in [-0.05, 0) is 39.2 Å². The second-order valence-electron chi connectivity index (χ2n) is 4.99. The van der Waals surface area contributed by atoms with Crippen LogP contribution in [0.15, 0.2) is 6.20 Å². The molecule has 1 heterocycles. The van der Waals surface area contributed by atoms with Crippen molar-refractivity contribution in [2.45, 2.75) is 38.6 Å². The Bertz CT molecular complexity index is 423. The molecule has 2 N–H and O–H groups in total. The minimum atomic E-state index is 0.110. The largest absolute Gasteiger partial charge is 0.336 e. The number of carbonyl (C=O) groups excluding carboxylic acids is 1. The molecule has 100 valence electrons. The number of amides is 1. The van der Waals surface area contributed by atoms with Crippen LogP contribution in [-0.2, 0) is 7.05 Å². The summed E-state index contributed by atoms with van der Waals surface area (Å²) in [6, 6.07) is 0.406. The van der Waals surface area contributed by atoms with Crippen LogP contribution >= 0.6 is 0 Å². The van der Waals surface area contributed by atoms with Gasteiger partial charge in [-0.25, -0.2) is 0 Å². The van der Waals surface area contributed by atoms with Crippen LogP contribution in [0.2, 0.25) is 0 Å². The number of aromatic nitrogens is 2. The van der Waals surface area contributed by atoms with E-state index in [1.165, 1.54) is 6.42 Å². The van der Waals surface area contributed by atoms with Gasteiger partial charge in [0.2, 0.25) is 0 Å². The lowest BCUT2D eigenvalue weighted by Crippen LogP contribution is -2.45. The number of nitrogens with two attached hydrogens (primary N) is 1. The minimum Gasteiger partial charge on any atom is -0.336 e. The Balaban J connectivity index is 2.14. The van der Waals surface area contributed by atoms with Crippen LogP contribution in [0.25, 0.3) is 0 Å². The van der Waals surface area contributed by atoms with Crippen LogP contribution in [0.4, 0.5) is 0 Å². The highest BCUT2D eigenvalue weighted by atomic mass is 16.2. The van der Waals surface area contributed by atoms with Gasteiger partial charge in [0, 0.05) is 25.3 Å². The Morgan fingerprint density at radius 1 is 1.61 bits per heavy atom. The molecule has 0 radical (unpaired) electrons. The van der Waals surface area contributed by atoms with Gasteiger partial charge in [0.25, 0.3) is 5.91 Å². The van der Waals surface area contributed by atoms with E-state index in [2.05, 4.69) is 5.10 Å². The third-order valence-electron chi connectivity index (χ3n) is 3.85. The van der Waals surface area contributed by atoms with E-state index in [0.717, 1.165) is 37.1 Å². The van der Waals surface area contributed by atoms with Gasteiger partial charge in [0.05, 0.1) is 11.8 Å². The molecule has 1 aromatic rings. The molecule has 0 aliphatic heterocycles. The van der Waals surface area contributed by atoms with Crippen LogP contribution in [0, 0.1) is 6.92 Å². The predicted molar refractivity (Wildman–Crippen MR) is 70.3 cm³/mol. The van der Waals surface area contributed by atoms with Gasteiger partial charge in [-0.15, -0.1) is 0 Å². The van der Waals surface area contributed by atoms with Crippen molar-refractivity contribution in [1.82, 2.24) is 14.7 Å². The molecule has 2 rings (SSSR count). The van der Waals surface area contributed by atoms with Crippen molar-refractivity contribution in [3.05, 3.63) is 17.5 Å². The molecular formula is C13H22N4O. The first kappa shape index (κ1) is 13.1. The molecule has 1 saturated carbocycles. The van der Waals surface area contributed by atoms with Crippen LogP contribution in [0.3, 0.4) is 0 Å². The molecule has 1 amide bonds. The van der Waals surface area contributed by atoms with E-state index in [4.69, 9.17) is 5.73 Å². The van der Waals surface area contributed by atoms with E-state index in [9.17, 15) is 4.79 Å². The standard InChI is InChI=1S/C13H22N4O/c1-10-12(9-15-16(10)2)13(18)17(8-4-7-14)11-5-3-6-11/h9,11H,3-8,14H2,1-2H3. The first-order valence-electron chi connectivity index (χ1n) is 6.64. The first-order valence-corrected chi connectivity index (χ1v) is 6.64. The number of nitrogens with zero attached hydrogens (tertiary/aromatic N) is 3. The summed E-state index contributed by atoms with van der Waals surface area (Å²) in [6.07, 6.45) is 6.00. The average Bonchev–Trinajstić information content (AvgIpc) is 2.62. The van der Waals surface area contributed by atoms with Crippen molar-refractivity contribution in [3.63, 3.8) is 0 Å². The van der Waals surface area contributed by atoms with Gasteiger partial charge in [0.15, 0.2) is 0 Å². The van der Waals surface area contributed by atoms with Crippen molar-refractivity contribution in [1.29, 1.82) is 0 Å². The van der Waals surface area contributed by atoms with Crippen LogP contribution < -0.4 is 5.73 Å². The maximum Gasteiger partial charge on any atom is 0.257 e. The van der Waals surface area contributed by atoms with E-state index in [1.54, 1.807) is 10.9 Å². The number of hydrogen-bond donors (Lipinski definition) is 1. The second-order valence-corrected chi connectivity index (χ2v) is 4.99. The third kappa shape index (κ3) is 2.41. The smallest absolute Gasteiger partial charge is 0.257 e. The second kappa shape index (κ2) is 5.52. The lowest BCUT2D eigenvalue weighted by Gasteiger charge is -2.37. The summed E-state index contributed by atoms with van der Waals surface area (Å²) in [7, 11) is 1.86. The molecule has 0 atom stereocenters. The van der Waals surface area contributed by atoms with Crippen LogP contribution in [-0.4, -0.2) is 39.7 Å². The Kier molecular flexibility index (Phi) is 4.01. The maximum atomic E-state index is 12.6. The first-order chi connectivity index (χ1) is 8.65. The lowest BCUT2D eigenvalue weighted by atomic mass is 9.91. The molecule has 5 heteroatoms. The molecule has 0 bridgehead atoms. The van der Waals surface area contributed by atoms with E-state index < -0.39 is 0 Å². The van der Waals surface area contributed by atoms with Gasteiger partial charge >= 0.3 is 0 Å². The maximum absolute atomic E-state index is 12.6. The fourth-order valence-electron chi connectivity index (χ4n) is 2.27. The molecule has 0 unspecified atom stereocenters. The van der Waals surface area contributed by atoms with E-state index in [1.807, 2.05) is 18.9 Å². The lowest BCUT2D eigenvalue weighted by molar-refractivity contribution is 0.0577. The zero-order chi connectivity index (χ0) is 13.1. The minimum absolute atomic E-state index is 0.110. The number of hydrogen-bond acceptors (Lipinski definition) is 3. The molecule has 0 spiro atoms.